The van der Waals surface area contributed by atoms with Crippen molar-refractivity contribution in [1.29, 1.82) is 5.26 Å². The van der Waals surface area contributed by atoms with Gasteiger partial charge < -0.3 is 19.9 Å². The largest absolute Gasteiger partial charge is 0.395 e. The molecule has 0 amide bonds. The van der Waals surface area contributed by atoms with Crippen LogP contribution in [0.15, 0.2) is 0 Å². The van der Waals surface area contributed by atoms with E-state index in [4.69, 9.17) is 14.7 Å². The van der Waals surface area contributed by atoms with Gasteiger partial charge in [0.15, 0.2) is 6.29 Å². The van der Waals surface area contributed by atoms with Gasteiger partial charge in [0.25, 0.3) is 0 Å². The van der Waals surface area contributed by atoms with Crippen molar-refractivity contribution < 1.29 is 14.6 Å². The van der Waals surface area contributed by atoms with Gasteiger partial charge in [0.2, 0.25) is 0 Å². The van der Waals surface area contributed by atoms with Crippen LogP contribution in [0.3, 0.4) is 0 Å². The van der Waals surface area contributed by atoms with E-state index in [9.17, 15) is 5.11 Å². The fraction of sp³-hybridized carbons (Fsp3) is 0.933. The molecule has 3 rings (SSSR count). The minimum atomic E-state index is -0.276. The first-order valence-electron chi connectivity index (χ1n) is 7.77. The predicted molar refractivity (Wildman–Crippen MR) is 72.8 cm³/mol. The molecule has 3 aliphatic rings. The Morgan fingerprint density at radius 1 is 1.35 bits per heavy atom. The van der Waals surface area contributed by atoms with Crippen LogP contribution >= 0.6 is 0 Å². The summed E-state index contributed by atoms with van der Waals surface area (Å²) in [5, 5.41) is 22.1. The van der Waals surface area contributed by atoms with Crippen LogP contribution in [-0.2, 0) is 9.47 Å². The topological polar surface area (TPSA) is 74.5 Å². The van der Waals surface area contributed by atoms with Crippen molar-refractivity contribution in [3.63, 3.8) is 0 Å². The lowest BCUT2D eigenvalue weighted by molar-refractivity contribution is -0.205. The molecule has 2 saturated carbocycles. The summed E-state index contributed by atoms with van der Waals surface area (Å²) in [5.41, 5.74) is -0.465. The number of nitrogens with one attached hydrogen (secondary N) is 1. The number of nitrogens with zero attached hydrogens (tertiary/aromatic N) is 1. The number of nitriles is 1. The maximum Gasteiger partial charge on any atom is 0.158 e. The third-order valence-electron chi connectivity index (χ3n) is 4.84. The first-order chi connectivity index (χ1) is 9.72. The van der Waals surface area contributed by atoms with Gasteiger partial charge in [-0.05, 0) is 44.9 Å². The Morgan fingerprint density at radius 3 is 2.65 bits per heavy atom. The highest BCUT2D eigenvalue weighted by Gasteiger charge is 2.53. The molecule has 2 atom stereocenters. The Kier molecular flexibility index (Phi) is 4.00. The number of aliphatic hydroxyl groups excluding tert-OH is 1. The number of rotatable bonds is 7. The number of ether oxygens (including phenoxy) is 2. The van der Waals surface area contributed by atoms with Crippen LogP contribution in [0, 0.1) is 16.7 Å². The van der Waals surface area contributed by atoms with Crippen LogP contribution in [0.25, 0.3) is 0 Å². The van der Waals surface area contributed by atoms with Crippen molar-refractivity contribution in [3.8, 4) is 6.07 Å². The molecule has 5 heteroatoms. The van der Waals surface area contributed by atoms with Crippen molar-refractivity contribution in [3.05, 3.63) is 0 Å². The Hall–Kier alpha value is -0.670. The molecule has 2 N–H and O–H groups in total. The molecule has 112 valence electrons. The van der Waals surface area contributed by atoms with E-state index in [1.807, 2.05) is 0 Å². The summed E-state index contributed by atoms with van der Waals surface area (Å²) in [4.78, 5) is 0. The molecule has 1 saturated heterocycles. The summed E-state index contributed by atoms with van der Waals surface area (Å²) in [5.74, 6) is 0. The second kappa shape index (κ2) is 5.61. The molecule has 3 fully saturated rings. The van der Waals surface area contributed by atoms with Crippen LogP contribution in [0.2, 0.25) is 0 Å². The zero-order valence-electron chi connectivity index (χ0n) is 11.9. The van der Waals surface area contributed by atoms with E-state index in [1.165, 1.54) is 0 Å². The molecule has 1 unspecified atom stereocenters. The van der Waals surface area contributed by atoms with Gasteiger partial charge in [-0.25, -0.2) is 0 Å². The van der Waals surface area contributed by atoms with Gasteiger partial charge in [-0.3, -0.25) is 0 Å². The average Bonchev–Trinajstić information content (AvgIpc) is 3.38. The summed E-state index contributed by atoms with van der Waals surface area (Å²) >= 11 is 0. The fourth-order valence-electron chi connectivity index (χ4n) is 2.95. The Balaban J connectivity index is 1.53. The van der Waals surface area contributed by atoms with Crippen molar-refractivity contribution >= 4 is 0 Å². The zero-order chi connectivity index (χ0) is 14.1. The third-order valence-corrected chi connectivity index (χ3v) is 4.84. The molecular weight excluding hydrogens is 256 g/mol. The molecular formula is C15H24N2O3. The molecule has 1 heterocycles. The summed E-state index contributed by atoms with van der Waals surface area (Å²) < 4.78 is 11.8. The van der Waals surface area contributed by atoms with Gasteiger partial charge >= 0.3 is 0 Å². The molecule has 20 heavy (non-hydrogen) atoms. The van der Waals surface area contributed by atoms with E-state index < -0.39 is 0 Å². The smallest absolute Gasteiger partial charge is 0.158 e. The average molecular weight is 280 g/mol. The van der Waals surface area contributed by atoms with Gasteiger partial charge in [-0.1, -0.05) is 0 Å². The van der Waals surface area contributed by atoms with Crippen molar-refractivity contribution in [1.82, 2.24) is 5.32 Å². The summed E-state index contributed by atoms with van der Waals surface area (Å²) in [7, 11) is 0. The first-order valence-corrected chi connectivity index (χ1v) is 7.77. The Bertz CT molecular complexity index is 379. The standard InChI is InChI=1S/C15H24N2O3/c16-10-14(4-5-14)11-17-12(9-18)15(6-7-15)20-13-3-1-2-8-19-13/h12-13,17-18H,1-9,11H2/t12-,13?/m1/s1. The normalized spacial score (nSPS) is 31.3. The molecule has 5 nitrogen and oxygen atoms in total. The summed E-state index contributed by atoms with van der Waals surface area (Å²) in [6.07, 6.45) is 6.95. The van der Waals surface area contributed by atoms with Gasteiger partial charge in [0.05, 0.1) is 29.7 Å². The van der Waals surface area contributed by atoms with Crippen LogP contribution in [0.1, 0.15) is 44.9 Å². The van der Waals surface area contributed by atoms with Crippen LogP contribution in [-0.4, -0.2) is 42.8 Å². The second-order valence-corrected chi connectivity index (χ2v) is 6.49. The number of hydrogen-bond donors (Lipinski definition) is 2. The highest BCUT2D eigenvalue weighted by molar-refractivity contribution is 5.13. The molecule has 0 aromatic heterocycles. The van der Waals surface area contributed by atoms with Crippen LogP contribution in [0.5, 0.6) is 0 Å². The maximum absolute atomic E-state index is 9.65. The lowest BCUT2D eigenvalue weighted by Gasteiger charge is -2.33. The van der Waals surface area contributed by atoms with E-state index in [-0.39, 0.29) is 30.0 Å². The lowest BCUT2D eigenvalue weighted by atomic mass is 10.1. The Labute approximate surface area is 120 Å². The molecule has 2 aliphatic carbocycles. The predicted octanol–water partition coefficient (Wildman–Crippen LogP) is 1.32. The maximum atomic E-state index is 9.65. The van der Waals surface area contributed by atoms with E-state index >= 15 is 0 Å². The second-order valence-electron chi connectivity index (χ2n) is 6.49. The van der Waals surface area contributed by atoms with Crippen molar-refractivity contribution in [2.45, 2.75) is 62.9 Å². The number of hydrogen-bond acceptors (Lipinski definition) is 5. The van der Waals surface area contributed by atoms with E-state index in [0.717, 1.165) is 51.6 Å². The van der Waals surface area contributed by atoms with Crippen molar-refractivity contribution in [2.75, 3.05) is 19.8 Å². The Morgan fingerprint density at radius 2 is 2.15 bits per heavy atom. The summed E-state index contributed by atoms with van der Waals surface area (Å²) in [6, 6.07) is 2.29. The van der Waals surface area contributed by atoms with Gasteiger partial charge in [0.1, 0.15) is 0 Å². The van der Waals surface area contributed by atoms with Gasteiger partial charge in [-0.2, -0.15) is 5.26 Å². The monoisotopic (exact) mass is 280 g/mol. The highest BCUT2D eigenvalue weighted by Crippen LogP contribution is 2.47. The molecule has 0 radical (unpaired) electrons. The molecule has 0 spiro atoms. The fourth-order valence-corrected chi connectivity index (χ4v) is 2.95. The zero-order valence-corrected chi connectivity index (χ0v) is 11.9. The van der Waals surface area contributed by atoms with Gasteiger partial charge in [-0.15, -0.1) is 0 Å². The molecule has 0 aromatic carbocycles. The van der Waals surface area contributed by atoms with Crippen LogP contribution < -0.4 is 5.32 Å². The van der Waals surface area contributed by atoms with E-state index in [1.54, 1.807) is 0 Å². The molecule has 0 bridgehead atoms. The third kappa shape index (κ3) is 2.99. The first kappa shape index (κ1) is 14.3. The van der Waals surface area contributed by atoms with Gasteiger partial charge in [0, 0.05) is 13.2 Å². The lowest BCUT2D eigenvalue weighted by Crippen LogP contribution is -2.49. The van der Waals surface area contributed by atoms with E-state index in [2.05, 4.69) is 11.4 Å². The van der Waals surface area contributed by atoms with E-state index in [0.29, 0.717) is 6.54 Å². The molecule has 1 aliphatic heterocycles. The molecule has 0 aromatic rings. The summed E-state index contributed by atoms with van der Waals surface area (Å²) in [6.45, 7) is 1.48. The minimum absolute atomic E-state index is 0.0498. The quantitative estimate of drug-likeness (QED) is 0.735. The number of aliphatic hydroxyl groups is 1. The minimum Gasteiger partial charge on any atom is -0.395 e. The van der Waals surface area contributed by atoms with Crippen LogP contribution in [0.4, 0.5) is 0 Å². The SMILES string of the molecule is N#CC1(CN[C@H](CO)C2(OC3CCCCO3)CC2)CC1. The highest BCUT2D eigenvalue weighted by atomic mass is 16.7. The van der Waals surface area contributed by atoms with Crippen molar-refractivity contribution in [2.24, 2.45) is 5.41 Å².